The average Bonchev–Trinajstić information content (AvgIpc) is 3.37. The molecule has 1 aromatic carbocycles. The van der Waals surface area contributed by atoms with E-state index in [0.717, 1.165) is 25.8 Å². The molecule has 3 rings (SSSR count). The van der Waals surface area contributed by atoms with E-state index in [4.69, 9.17) is 4.74 Å². The van der Waals surface area contributed by atoms with Crippen LogP contribution in [0.4, 0.5) is 0 Å². The molecule has 28 heavy (non-hydrogen) atoms. The third kappa shape index (κ3) is 5.39. The van der Waals surface area contributed by atoms with Gasteiger partial charge in [0.1, 0.15) is 0 Å². The fraction of sp³-hybridized carbons (Fsp3) is 0.500. The molecule has 2 amide bonds. The molecule has 1 fully saturated rings. The van der Waals surface area contributed by atoms with Gasteiger partial charge in [0.25, 0.3) is 5.91 Å². The lowest BCUT2D eigenvalue weighted by Gasteiger charge is -2.24. The highest BCUT2D eigenvalue weighted by molar-refractivity contribution is 5.91. The number of rotatable bonds is 9. The fourth-order valence-electron chi connectivity index (χ4n) is 3.46. The van der Waals surface area contributed by atoms with Crippen molar-refractivity contribution in [1.29, 1.82) is 0 Å². The molecule has 1 atom stereocenters. The summed E-state index contributed by atoms with van der Waals surface area (Å²) < 4.78 is 6.56. The number of nitrogens with one attached hydrogen (secondary N) is 1. The molecule has 0 spiro atoms. The van der Waals surface area contributed by atoms with Gasteiger partial charge in [0.2, 0.25) is 5.91 Å². The second kappa shape index (κ2) is 9.98. The number of methoxy groups -OCH3 is 1. The van der Waals surface area contributed by atoms with Crippen molar-refractivity contribution in [2.45, 2.75) is 38.3 Å². The van der Waals surface area contributed by atoms with Gasteiger partial charge in [-0.2, -0.15) is 0 Å². The van der Waals surface area contributed by atoms with E-state index >= 15 is 0 Å². The smallest absolute Gasteiger partial charge is 0.273 e. The van der Waals surface area contributed by atoms with Crippen LogP contribution in [-0.2, 0) is 22.5 Å². The first-order valence-corrected chi connectivity index (χ1v) is 9.68. The van der Waals surface area contributed by atoms with Gasteiger partial charge < -0.3 is 15.0 Å². The largest absolute Gasteiger partial charge is 0.383 e. The zero-order valence-electron chi connectivity index (χ0n) is 16.2. The van der Waals surface area contributed by atoms with Gasteiger partial charge in [0, 0.05) is 26.6 Å². The van der Waals surface area contributed by atoms with Gasteiger partial charge >= 0.3 is 0 Å². The molecule has 1 unspecified atom stereocenters. The quantitative estimate of drug-likeness (QED) is 0.657. The molecular weight excluding hydrogens is 358 g/mol. The third-order valence-electron chi connectivity index (χ3n) is 4.93. The van der Waals surface area contributed by atoms with Crippen molar-refractivity contribution in [2.24, 2.45) is 0 Å². The first-order valence-electron chi connectivity index (χ1n) is 9.68. The molecule has 150 valence electrons. The highest BCUT2D eigenvalue weighted by atomic mass is 16.5. The van der Waals surface area contributed by atoms with Crippen molar-refractivity contribution in [1.82, 2.24) is 25.2 Å². The van der Waals surface area contributed by atoms with Crippen LogP contribution >= 0.6 is 0 Å². The first kappa shape index (κ1) is 20.0. The maximum absolute atomic E-state index is 12.7. The van der Waals surface area contributed by atoms with Crippen molar-refractivity contribution >= 4 is 11.8 Å². The van der Waals surface area contributed by atoms with Crippen molar-refractivity contribution in [3.63, 3.8) is 0 Å². The lowest BCUT2D eigenvalue weighted by atomic mass is 10.1. The number of nitrogens with zero attached hydrogens (tertiary/aromatic N) is 4. The SMILES string of the molecule is COCCNC(=O)c1cn(CC2CCCN2C(=O)CCc2ccccc2)nn1. The van der Waals surface area contributed by atoms with E-state index in [1.165, 1.54) is 5.56 Å². The topological polar surface area (TPSA) is 89.4 Å². The molecule has 0 radical (unpaired) electrons. The number of hydrogen-bond acceptors (Lipinski definition) is 5. The van der Waals surface area contributed by atoms with E-state index in [0.29, 0.717) is 26.1 Å². The van der Waals surface area contributed by atoms with Crippen LogP contribution in [0.1, 0.15) is 35.3 Å². The standard InChI is InChI=1S/C20H27N5O3/c1-28-13-11-21-20(27)18-15-24(23-22-18)14-17-8-5-12-25(17)19(26)10-9-16-6-3-2-4-7-16/h2-4,6-7,15,17H,5,8-14H2,1H3,(H,21,27). The Morgan fingerprint density at radius 3 is 2.89 bits per heavy atom. The van der Waals surface area contributed by atoms with Crippen LogP contribution < -0.4 is 5.32 Å². The van der Waals surface area contributed by atoms with Crippen LogP contribution in [0.3, 0.4) is 0 Å². The summed E-state index contributed by atoms with van der Waals surface area (Å²) in [6.45, 7) is 2.20. The fourth-order valence-corrected chi connectivity index (χ4v) is 3.46. The lowest BCUT2D eigenvalue weighted by Crippen LogP contribution is -2.38. The van der Waals surface area contributed by atoms with E-state index in [9.17, 15) is 9.59 Å². The predicted molar refractivity (Wildman–Crippen MR) is 104 cm³/mol. The average molecular weight is 385 g/mol. The number of carbonyl (C=O) groups excluding carboxylic acids is 2. The number of aromatic nitrogens is 3. The van der Waals surface area contributed by atoms with Crippen molar-refractivity contribution < 1.29 is 14.3 Å². The number of ether oxygens (including phenoxy) is 1. The molecule has 8 nitrogen and oxygen atoms in total. The first-order chi connectivity index (χ1) is 13.7. The number of hydrogen-bond donors (Lipinski definition) is 1. The molecule has 1 aliphatic heterocycles. The van der Waals surface area contributed by atoms with Gasteiger partial charge in [-0.1, -0.05) is 35.5 Å². The van der Waals surface area contributed by atoms with Crippen LogP contribution in [0.25, 0.3) is 0 Å². The summed E-state index contributed by atoms with van der Waals surface area (Å²) in [4.78, 5) is 26.6. The van der Waals surface area contributed by atoms with Gasteiger partial charge in [0.05, 0.1) is 25.4 Å². The molecule has 1 N–H and O–H groups in total. The Morgan fingerprint density at radius 1 is 1.29 bits per heavy atom. The molecule has 1 saturated heterocycles. The third-order valence-corrected chi connectivity index (χ3v) is 4.93. The zero-order valence-corrected chi connectivity index (χ0v) is 16.2. The highest BCUT2D eigenvalue weighted by Crippen LogP contribution is 2.20. The number of aryl methyl sites for hydroxylation is 1. The minimum atomic E-state index is -0.273. The second-order valence-electron chi connectivity index (χ2n) is 6.94. The van der Waals surface area contributed by atoms with E-state index < -0.39 is 0 Å². The predicted octanol–water partition coefficient (Wildman–Crippen LogP) is 1.28. The Hall–Kier alpha value is -2.74. The summed E-state index contributed by atoms with van der Waals surface area (Å²) in [5.41, 5.74) is 1.45. The van der Waals surface area contributed by atoms with Gasteiger partial charge in [-0.3, -0.25) is 9.59 Å². The summed E-state index contributed by atoms with van der Waals surface area (Å²) in [6.07, 6.45) is 4.81. The molecule has 2 heterocycles. The maximum Gasteiger partial charge on any atom is 0.273 e. The summed E-state index contributed by atoms with van der Waals surface area (Å²) in [7, 11) is 1.58. The monoisotopic (exact) mass is 385 g/mol. The molecule has 0 bridgehead atoms. The summed E-state index contributed by atoms with van der Waals surface area (Å²) in [6, 6.07) is 10.1. The van der Waals surface area contributed by atoms with E-state index in [2.05, 4.69) is 15.6 Å². The van der Waals surface area contributed by atoms with Crippen LogP contribution in [0, 0.1) is 0 Å². The number of carbonyl (C=O) groups is 2. The summed E-state index contributed by atoms with van der Waals surface area (Å²) >= 11 is 0. The Morgan fingerprint density at radius 2 is 2.11 bits per heavy atom. The van der Waals surface area contributed by atoms with Crippen molar-refractivity contribution in [3.8, 4) is 0 Å². The second-order valence-corrected chi connectivity index (χ2v) is 6.94. The van der Waals surface area contributed by atoms with Crippen LogP contribution in [0.2, 0.25) is 0 Å². The molecule has 0 aliphatic carbocycles. The lowest BCUT2D eigenvalue weighted by molar-refractivity contribution is -0.132. The molecule has 1 aliphatic rings. The zero-order chi connectivity index (χ0) is 19.8. The summed E-state index contributed by atoms with van der Waals surface area (Å²) in [5, 5.41) is 10.7. The van der Waals surface area contributed by atoms with Crippen molar-refractivity contribution in [2.75, 3.05) is 26.8 Å². The number of amides is 2. The maximum atomic E-state index is 12.7. The number of likely N-dealkylation sites (tertiary alicyclic amines) is 1. The molecular formula is C20H27N5O3. The Kier molecular flexibility index (Phi) is 7.13. The van der Waals surface area contributed by atoms with Gasteiger partial charge in [0.15, 0.2) is 5.69 Å². The molecule has 8 heteroatoms. The van der Waals surface area contributed by atoms with Crippen LogP contribution in [0.5, 0.6) is 0 Å². The van der Waals surface area contributed by atoms with Gasteiger partial charge in [-0.25, -0.2) is 4.68 Å². The minimum absolute atomic E-state index is 0.0920. The Labute approximate surface area is 164 Å². The van der Waals surface area contributed by atoms with Gasteiger partial charge in [-0.15, -0.1) is 5.10 Å². The number of benzene rings is 1. The normalized spacial score (nSPS) is 16.3. The molecule has 2 aromatic rings. The summed E-state index contributed by atoms with van der Waals surface area (Å²) in [5.74, 6) is -0.102. The van der Waals surface area contributed by atoms with E-state index in [-0.39, 0.29) is 23.6 Å². The Bertz CT molecular complexity index is 777. The van der Waals surface area contributed by atoms with Gasteiger partial charge in [-0.05, 0) is 24.8 Å². The van der Waals surface area contributed by atoms with Crippen LogP contribution in [-0.4, -0.2) is 64.6 Å². The van der Waals surface area contributed by atoms with E-state index in [1.807, 2.05) is 35.2 Å². The highest BCUT2D eigenvalue weighted by Gasteiger charge is 2.29. The van der Waals surface area contributed by atoms with Crippen molar-refractivity contribution in [3.05, 3.63) is 47.8 Å². The molecule has 1 aromatic heterocycles. The molecule has 0 saturated carbocycles. The Balaban J connectivity index is 1.52. The minimum Gasteiger partial charge on any atom is -0.383 e. The van der Waals surface area contributed by atoms with E-state index in [1.54, 1.807) is 18.0 Å². The van der Waals surface area contributed by atoms with Crippen LogP contribution in [0.15, 0.2) is 36.5 Å².